The van der Waals surface area contributed by atoms with Crippen LogP contribution < -0.4 is 10.6 Å². The lowest BCUT2D eigenvalue weighted by molar-refractivity contribution is -0.138. The maximum atomic E-state index is 13.1. The third-order valence-electron chi connectivity index (χ3n) is 4.13. The van der Waals surface area contributed by atoms with Crippen LogP contribution in [0.1, 0.15) is 30.4 Å². The van der Waals surface area contributed by atoms with Crippen LogP contribution in [0.25, 0.3) is 0 Å². The normalized spacial score (nSPS) is 17.3. The van der Waals surface area contributed by atoms with Crippen molar-refractivity contribution in [3.8, 4) is 0 Å². The largest absolute Gasteiger partial charge is 0.416 e. The fourth-order valence-electron chi connectivity index (χ4n) is 2.74. The number of rotatable bonds is 8. The van der Waals surface area contributed by atoms with Gasteiger partial charge in [0.25, 0.3) is 0 Å². The average Bonchev–Trinajstić information content (AvgIpc) is 3.14. The van der Waals surface area contributed by atoms with E-state index in [4.69, 9.17) is 9.47 Å². The molecule has 1 atom stereocenters. The van der Waals surface area contributed by atoms with Gasteiger partial charge in [0.2, 0.25) is 0 Å². The molecule has 28 heavy (non-hydrogen) atoms. The monoisotopic (exact) mass is 519 g/mol. The van der Waals surface area contributed by atoms with E-state index in [0.29, 0.717) is 31.8 Å². The molecule has 0 spiro atoms. The van der Waals surface area contributed by atoms with Crippen molar-refractivity contribution in [3.05, 3.63) is 35.1 Å². The Morgan fingerprint density at radius 1 is 1.32 bits per heavy atom. The topological polar surface area (TPSA) is 54.9 Å². The van der Waals surface area contributed by atoms with Crippen molar-refractivity contribution in [2.45, 2.75) is 38.1 Å². The van der Waals surface area contributed by atoms with E-state index in [-0.39, 0.29) is 42.2 Å². The van der Waals surface area contributed by atoms with Crippen LogP contribution in [0.5, 0.6) is 0 Å². The van der Waals surface area contributed by atoms with Crippen molar-refractivity contribution in [2.75, 3.05) is 33.4 Å². The van der Waals surface area contributed by atoms with E-state index >= 15 is 0 Å². The standard InChI is InChI=1S/C18H25F4N3O2.HI/c1-23-17(24-7-3-8-26-12-15-4-2-9-27-15)25-11-13-5-6-14(19)10-16(13)18(20,21)22;/h5-6,10,15H,2-4,7-9,11-12H2,1H3,(H2,23,24,25);1H. The molecule has 0 amide bonds. The molecule has 1 aromatic rings. The zero-order valence-electron chi connectivity index (χ0n) is 15.7. The maximum Gasteiger partial charge on any atom is 0.416 e. The summed E-state index contributed by atoms with van der Waals surface area (Å²) in [5, 5.41) is 5.82. The second-order valence-electron chi connectivity index (χ2n) is 6.22. The van der Waals surface area contributed by atoms with Crippen molar-refractivity contribution >= 4 is 29.9 Å². The van der Waals surface area contributed by atoms with Gasteiger partial charge in [-0.15, -0.1) is 24.0 Å². The number of hydrogen-bond donors (Lipinski definition) is 2. The molecule has 1 heterocycles. The SMILES string of the molecule is CN=C(NCCCOCC1CCCO1)NCc1ccc(F)cc1C(F)(F)F.I. The second kappa shape index (κ2) is 12.4. The molecule has 0 saturated carbocycles. The van der Waals surface area contributed by atoms with Crippen molar-refractivity contribution in [3.63, 3.8) is 0 Å². The molecule has 2 rings (SSSR count). The van der Waals surface area contributed by atoms with Crippen molar-refractivity contribution in [1.29, 1.82) is 0 Å². The van der Waals surface area contributed by atoms with Gasteiger partial charge in [0.15, 0.2) is 5.96 Å². The van der Waals surface area contributed by atoms with E-state index in [1.54, 1.807) is 0 Å². The van der Waals surface area contributed by atoms with Gasteiger partial charge in [-0.2, -0.15) is 13.2 Å². The molecule has 0 aromatic heterocycles. The fraction of sp³-hybridized carbons (Fsp3) is 0.611. The lowest BCUT2D eigenvalue weighted by Gasteiger charge is -2.16. The summed E-state index contributed by atoms with van der Waals surface area (Å²) in [7, 11) is 1.53. The number of alkyl halides is 3. The predicted octanol–water partition coefficient (Wildman–Crippen LogP) is 3.71. The van der Waals surface area contributed by atoms with E-state index in [2.05, 4.69) is 15.6 Å². The third-order valence-corrected chi connectivity index (χ3v) is 4.13. The first-order chi connectivity index (χ1) is 12.9. The second-order valence-corrected chi connectivity index (χ2v) is 6.22. The number of nitrogens with zero attached hydrogens (tertiary/aromatic N) is 1. The Morgan fingerprint density at radius 2 is 2.11 bits per heavy atom. The lowest BCUT2D eigenvalue weighted by atomic mass is 10.1. The minimum Gasteiger partial charge on any atom is -0.379 e. The summed E-state index contributed by atoms with van der Waals surface area (Å²) >= 11 is 0. The van der Waals surface area contributed by atoms with Gasteiger partial charge in [0, 0.05) is 33.4 Å². The number of guanidine groups is 1. The molecular weight excluding hydrogens is 493 g/mol. The van der Waals surface area contributed by atoms with Crippen molar-refractivity contribution in [2.24, 2.45) is 4.99 Å². The number of halogens is 5. The first-order valence-electron chi connectivity index (χ1n) is 8.89. The van der Waals surface area contributed by atoms with Gasteiger partial charge in [-0.25, -0.2) is 4.39 Å². The van der Waals surface area contributed by atoms with Crippen LogP contribution in [-0.4, -0.2) is 45.5 Å². The van der Waals surface area contributed by atoms with Crippen LogP contribution in [0.15, 0.2) is 23.2 Å². The quantitative estimate of drug-likeness (QED) is 0.181. The van der Waals surface area contributed by atoms with Gasteiger partial charge < -0.3 is 20.1 Å². The molecule has 10 heteroatoms. The van der Waals surface area contributed by atoms with E-state index in [0.717, 1.165) is 38.0 Å². The molecule has 0 radical (unpaired) electrons. The molecule has 1 unspecified atom stereocenters. The number of benzene rings is 1. The van der Waals surface area contributed by atoms with E-state index in [9.17, 15) is 17.6 Å². The molecular formula is C18H26F4IN3O2. The Hall–Kier alpha value is -1.14. The highest BCUT2D eigenvalue weighted by Gasteiger charge is 2.33. The maximum absolute atomic E-state index is 13.1. The molecule has 1 aliphatic heterocycles. The first-order valence-corrected chi connectivity index (χ1v) is 8.89. The average molecular weight is 519 g/mol. The van der Waals surface area contributed by atoms with Crippen LogP contribution >= 0.6 is 24.0 Å². The minimum atomic E-state index is -4.61. The molecule has 1 fully saturated rings. The Bertz CT molecular complexity index is 623. The number of aliphatic imine (C=N–C) groups is 1. The van der Waals surface area contributed by atoms with Crippen LogP contribution in [0.3, 0.4) is 0 Å². The minimum absolute atomic E-state index is 0. The van der Waals surface area contributed by atoms with Crippen LogP contribution in [0, 0.1) is 5.82 Å². The van der Waals surface area contributed by atoms with Gasteiger partial charge in [-0.05, 0) is 37.0 Å². The Morgan fingerprint density at radius 3 is 2.75 bits per heavy atom. The van der Waals surface area contributed by atoms with Crippen molar-refractivity contribution < 1.29 is 27.0 Å². The Labute approximate surface area is 179 Å². The molecule has 1 saturated heterocycles. The highest BCUT2D eigenvalue weighted by molar-refractivity contribution is 14.0. The summed E-state index contributed by atoms with van der Waals surface area (Å²) in [5.74, 6) is -0.553. The number of ether oxygens (including phenoxy) is 2. The van der Waals surface area contributed by atoms with Gasteiger partial charge in [-0.1, -0.05) is 6.07 Å². The summed E-state index contributed by atoms with van der Waals surface area (Å²) in [5.41, 5.74) is -1.04. The zero-order chi connectivity index (χ0) is 19.7. The highest BCUT2D eigenvalue weighted by Crippen LogP contribution is 2.32. The van der Waals surface area contributed by atoms with Crippen LogP contribution in [-0.2, 0) is 22.2 Å². The number of nitrogens with one attached hydrogen (secondary N) is 2. The molecule has 5 nitrogen and oxygen atoms in total. The summed E-state index contributed by atoms with van der Waals surface area (Å²) in [6.07, 6.45) is -1.61. The van der Waals surface area contributed by atoms with Gasteiger partial charge in [-0.3, -0.25) is 4.99 Å². The fourth-order valence-corrected chi connectivity index (χ4v) is 2.74. The summed E-state index contributed by atoms with van der Waals surface area (Å²) < 4.78 is 63.1. The Kier molecular flexibility index (Phi) is 11.1. The van der Waals surface area contributed by atoms with E-state index in [1.807, 2.05) is 0 Å². The van der Waals surface area contributed by atoms with Gasteiger partial charge in [0.05, 0.1) is 18.3 Å². The molecule has 160 valence electrons. The molecule has 0 bridgehead atoms. The first kappa shape index (κ1) is 24.9. The molecule has 1 aliphatic rings. The van der Waals surface area contributed by atoms with Crippen molar-refractivity contribution in [1.82, 2.24) is 10.6 Å². The van der Waals surface area contributed by atoms with E-state index < -0.39 is 17.6 Å². The molecule has 0 aliphatic carbocycles. The molecule has 1 aromatic carbocycles. The van der Waals surface area contributed by atoms with Crippen LogP contribution in [0.4, 0.5) is 17.6 Å². The third kappa shape index (κ3) is 8.48. The highest BCUT2D eigenvalue weighted by atomic mass is 127. The zero-order valence-corrected chi connectivity index (χ0v) is 18.0. The van der Waals surface area contributed by atoms with E-state index in [1.165, 1.54) is 7.05 Å². The predicted molar refractivity (Wildman–Crippen MR) is 109 cm³/mol. The summed E-state index contributed by atoms with van der Waals surface area (Å²) in [6, 6.07) is 2.63. The van der Waals surface area contributed by atoms with Gasteiger partial charge >= 0.3 is 6.18 Å². The van der Waals surface area contributed by atoms with Crippen LogP contribution in [0.2, 0.25) is 0 Å². The lowest BCUT2D eigenvalue weighted by Crippen LogP contribution is -2.38. The Balaban J connectivity index is 0.00000392. The smallest absolute Gasteiger partial charge is 0.379 e. The summed E-state index contributed by atoms with van der Waals surface area (Å²) in [4.78, 5) is 3.97. The summed E-state index contributed by atoms with van der Waals surface area (Å²) in [6.45, 7) is 2.37. The van der Waals surface area contributed by atoms with Gasteiger partial charge in [0.1, 0.15) is 5.82 Å². The number of hydrogen-bond acceptors (Lipinski definition) is 3. The molecule has 2 N–H and O–H groups in total.